The molecule has 0 saturated carbocycles. The highest BCUT2D eigenvalue weighted by atomic mass is 16.5. The second-order valence-corrected chi connectivity index (χ2v) is 6.04. The van der Waals surface area contributed by atoms with E-state index in [4.69, 9.17) is 9.15 Å². The molecule has 0 radical (unpaired) electrons. The van der Waals surface area contributed by atoms with Crippen molar-refractivity contribution in [3.05, 3.63) is 52.9 Å². The molecule has 0 aliphatic heterocycles. The smallest absolute Gasteiger partial charge is 0.336 e. The fourth-order valence-electron chi connectivity index (χ4n) is 2.76. The van der Waals surface area contributed by atoms with Gasteiger partial charge in [-0.2, -0.15) is 0 Å². The molecule has 25 heavy (non-hydrogen) atoms. The number of aromatic hydroxyl groups is 1. The van der Waals surface area contributed by atoms with Crippen molar-refractivity contribution < 1.29 is 14.3 Å². The van der Waals surface area contributed by atoms with Crippen LogP contribution in [0.5, 0.6) is 11.5 Å². The molecule has 0 aliphatic carbocycles. The highest BCUT2D eigenvalue weighted by Gasteiger charge is 2.07. The van der Waals surface area contributed by atoms with Gasteiger partial charge in [-0.1, -0.05) is 12.8 Å². The Kier molecular flexibility index (Phi) is 5.38. The molecule has 0 unspecified atom stereocenters. The molecule has 1 aromatic carbocycles. The van der Waals surface area contributed by atoms with E-state index in [2.05, 4.69) is 9.55 Å². The number of aryl methyl sites for hydroxylation is 2. The maximum atomic E-state index is 11.3. The van der Waals surface area contributed by atoms with E-state index < -0.39 is 5.63 Å². The van der Waals surface area contributed by atoms with Crippen LogP contribution >= 0.6 is 0 Å². The maximum Gasteiger partial charge on any atom is 0.336 e. The number of phenols is 1. The molecule has 0 fully saturated rings. The molecule has 2 aromatic heterocycles. The number of rotatable bonds is 8. The van der Waals surface area contributed by atoms with Crippen molar-refractivity contribution in [2.75, 3.05) is 6.61 Å². The Morgan fingerprint density at radius 1 is 1.20 bits per heavy atom. The van der Waals surface area contributed by atoms with Crippen molar-refractivity contribution in [2.24, 2.45) is 0 Å². The zero-order valence-corrected chi connectivity index (χ0v) is 14.3. The van der Waals surface area contributed by atoms with Crippen LogP contribution < -0.4 is 10.4 Å². The first-order valence-electron chi connectivity index (χ1n) is 8.51. The third-order valence-electron chi connectivity index (χ3n) is 4.18. The fourth-order valence-corrected chi connectivity index (χ4v) is 2.76. The normalized spacial score (nSPS) is 11.1. The van der Waals surface area contributed by atoms with Gasteiger partial charge in [-0.05, 0) is 31.9 Å². The lowest BCUT2D eigenvalue weighted by molar-refractivity contribution is 0.288. The van der Waals surface area contributed by atoms with Crippen LogP contribution in [0.4, 0.5) is 0 Å². The van der Waals surface area contributed by atoms with E-state index in [1.165, 1.54) is 6.07 Å². The second kappa shape index (κ2) is 7.88. The minimum absolute atomic E-state index is 0.0527. The van der Waals surface area contributed by atoms with Gasteiger partial charge in [-0.3, -0.25) is 0 Å². The van der Waals surface area contributed by atoms with E-state index in [0.717, 1.165) is 38.1 Å². The summed E-state index contributed by atoms with van der Waals surface area (Å²) in [4.78, 5) is 15.5. The number of aromatic nitrogens is 2. The largest absolute Gasteiger partial charge is 0.504 e. The molecule has 3 aromatic rings. The zero-order chi connectivity index (χ0) is 17.6. The van der Waals surface area contributed by atoms with Crippen molar-refractivity contribution in [2.45, 2.75) is 39.2 Å². The number of unbranched alkanes of at least 4 members (excludes halogenated alkanes) is 3. The number of ether oxygens (including phenoxy) is 1. The van der Waals surface area contributed by atoms with Gasteiger partial charge in [0.15, 0.2) is 11.5 Å². The number of nitrogens with zero attached hydrogens (tertiary/aromatic N) is 2. The highest BCUT2D eigenvalue weighted by Crippen LogP contribution is 2.30. The first kappa shape index (κ1) is 17.1. The molecule has 3 rings (SSSR count). The number of fused-ring (bicyclic) bond motifs is 1. The van der Waals surface area contributed by atoms with Gasteiger partial charge < -0.3 is 18.8 Å². The Labute approximate surface area is 145 Å². The summed E-state index contributed by atoms with van der Waals surface area (Å²) in [5, 5.41) is 10.7. The lowest BCUT2D eigenvalue weighted by atomic mass is 10.2. The van der Waals surface area contributed by atoms with Crippen LogP contribution in [-0.4, -0.2) is 21.3 Å². The Hall–Kier alpha value is -2.76. The minimum Gasteiger partial charge on any atom is -0.504 e. The standard InChI is InChI=1S/C19H22N2O4/c1-14-20-8-10-21(14)9-4-2-3-5-11-24-18-13-17-15(12-16(18)22)6-7-19(23)25-17/h6-8,10,12-13,22H,2-5,9,11H2,1H3. The van der Waals surface area contributed by atoms with Crippen molar-refractivity contribution in [3.63, 3.8) is 0 Å². The van der Waals surface area contributed by atoms with Crippen LogP contribution in [0.25, 0.3) is 11.0 Å². The second-order valence-electron chi connectivity index (χ2n) is 6.04. The third kappa shape index (κ3) is 4.41. The average molecular weight is 342 g/mol. The monoisotopic (exact) mass is 342 g/mol. The topological polar surface area (TPSA) is 77.5 Å². The van der Waals surface area contributed by atoms with Crippen molar-refractivity contribution >= 4 is 11.0 Å². The van der Waals surface area contributed by atoms with Gasteiger partial charge in [0.05, 0.1) is 6.61 Å². The fraction of sp³-hybridized carbons (Fsp3) is 0.368. The molecule has 132 valence electrons. The summed E-state index contributed by atoms with van der Waals surface area (Å²) in [6.45, 7) is 3.50. The molecule has 2 heterocycles. The Morgan fingerprint density at radius 3 is 2.84 bits per heavy atom. The molecule has 0 spiro atoms. The van der Waals surface area contributed by atoms with E-state index in [1.54, 1.807) is 18.2 Å². The van der Waals surface area contributed by atoms with Gasteiger partial charge in [-0.15, -0.1) is 0 Å². The number of imidazole rings is 1. The van der Waals surface area contributed by atoms with Gasteiger partial charge in [0.25, 0.3) is 0 Å². The molecule has 0 amide bonds. The molecule has 0 bridgehead atoms. The van der Waals surface area contributed by atoms with Gasteiger partial charge >= 0.3 is 5.63 Å². The van der Waals surface area contributed by atoms with E-state index in [1.807, 2.05) is 19.3 Å². The van der Waals surface area contributed by atoms with Crippen molar-refractivity contribution in [1.29, 1.82) is 0 Å². The molecule has 0 atom stereocenters. The summed E-state index contributed by atoms with van der Waals surface area (Å²) in [6.07, 6.45) is 7.99. The maximum absolute atomic E-state index is 11.3. The molecule has 0 saturated heterocycles. The van der Waals surface area contributed by atoms with Crippen LogP contribution in [0.1, 0.15) is 31.5 Å². The summed E-state index contributed by atoms with van der Waals surface area (Å²) in [7, 11) is 0. The van der Waals surface area contributed by atoms with Crippen LogP contribution in [0.15, 0.2) is 45.9 Å². The predicted molar refractivity (Wildman–Crippen MR) is 95.1 cm³/mol. The van der Waals surface area contributed by atoms with Crippen LogP contribution in [0, 0.1) is 6.92 Å². The quantitative estimate of drug-likeness (QED) is 0.499. The van der Waals surface area contributed by atoms with E-state index in [-0.39, 0.29) is 5.75 Å². The molecule has 6 nitrogen and oxygen atoms in total. The first-order valence-corrected chi connectivity index (χ1v) is 8.51. The van der Waals surface area contributed by atoms with Gasteiger partial charge in [0, 0.05) is 36.5 Å². The van der Waals surface area contributed by atoms with Gasteiger partial charge in [0.2, 0.25) is 0 Å². The van der Waals surface area contributed by atoms with Gasteiger partial charge in [0.1, 0.15) is 11.4 Å². The molecule has 6 heteroatoms. The van der Waals surface area contributed by atoms with Crippen LogP contribution in [-0.2, 0) is 6.54 Å². The van der Waals surface area contributed by atoms with Gasteiger partial charge in [-0.25, -0.2) is 9.78 Å². The molecular formula is C19H22N2O4. The summed E-state index contributed by atoms with van der Waals surface area (Å²) in [6, 6.07) is 6.05. The predicted octanol–water partition coefficient (Wildman–Crippen LogP) is 3.64. The van der Waals surface area contributed by atoms with Crippen LogP contribution in [0.3, 0.4) is 0 Å². The van der Waals surface area contributed by atoms with Crippen molar-refractivity contribution in [3.8, 4) is 11.5 Å². The SMILES string of the molecule is Cc1nccn1CCCCCCOc1cc2oc(=O)ccc2cc1O. The Morgan fingerprint density at radius 2 is 2.04 bits per heavy atom. The van der Waals surface area contributed by atoms with E-state index >= 15 is 0 Å². The summed E-state index contributed by atoms with van der Waals surface area (Å²) >= 11 is 0. The third-order valence-corrected chi connectivity index (χ3v) is 4.18. The molecule has 1 N–H and O–H groups in total. The Bertz CT molecular complexity index is 898. The molecule has 0 aliphatic rings. The average Bonchev–Trinajstić information content (AvgIpc) is 3.00. The summed E-state index contributed by atoms with van der Waals surface area (Å²) in [5.74, 6) is 1.44. The molecular weight excluding hydrogens is 320 g/mol. The van der Waals surface area contributed by atoms with Crippen molar-refractivity contribution in [1.82, 2.24) is 9.55 Å². The lowest BCUT2D eigenvalue weighted by Gasteiger charge is -2.09. The Balaban J connectivity index is 1.43. The van der Waals surface area contributed by atoms with E-state index in [0.29, 0.717) is 23.3 Å². The summed E-state index contributed by atoms with van der Waals surface area (Å²) in [5.41, 5.74) is -0.00623. The summed E-state index contributed by atoms with van der Waals surface area (Å²) < 4.78 is 12.9. The number of benzene rings is 1. The number of phenolic OH excluding ortho intramolecular Hbond substituents is 1. The van der Waals surface area contributed by atoms with Crippen LogP contribution in [0.2, 0.25) is 0 Å². The minimum atomic E-state index is -0.419. The zero-order valence-electron chi connectivity index (χ0n) is 14.3. The highest BCUT2D eigenvalue weighted by molar-refractivity contribution is 5.80. The first-order chi connectivity index (χ1) is 12.1. The van der Waals surface area contributed by atoms with E-state index in [9.17, 15) is 9.90 Å². The number of hydrogen-bond acceptors (Lipinski definition) is 5. The lowest BCUT2D eigenvalue weighted by Crippen LogP contribution is -2.01. The number of hydrogen-bond donors (Lipinski definition) is 1.